The van der Waals surface area contributed by atoms with Gasteiger partial charge in [0.1, 0.15) is 5.75 Å². The van der Waals surface area contributed by atoms with Gasteiger partial charge in [-0.1, -0.05) is 24.3 Å². The molecule has 1 amide bonds. The summed E-state index contributed by atoms with van der Waals surface area (Å²) in [7, 11) is 1.60. The summed E-state index contributed by atoms with van der Waals surface area (Å²) in [6.07, 6.45) is 3.89. The Kier molecular flexibility index (Phi) is 4.24. The van der Waals surface area contributed by atoms with E-state index in [0.717, 1.165) is 16.3 Å². The van der Waals surface area contributed by atoms with Crippen molar-refractivity contribution in [2.75, 3.05) is 12.4 Å². The first-order chi connectivity index (χ1) is 11.2. The Bertz CT molecular complexity index is 859. The number of amides is 1. The average molecular weight is 307 g/mol. The van der Waals surface area contributed by atoms with Crippen molar-refractivity contribution in [2.45, 2.75) is 13.5 Å². The first-order valence-electron chi connectivity index (χ1n) is 7.48. The van der Waals surface area contributed by atoms with E-state index in [1.807, 2.05) is 66.3 Å². The van der Waals surface area contributed by atoms with Gasteiger partial charge in [-0.2, -0.15) is 4.57 Å². The number of carbonyl (C=O) groups excluding carboxylic acids is 1. The van der Waals surface area contributed by atoms with Crippen LogP contribution in [0.3, 0.4) is 0 Å². The van der Waals surface area contributed by atoms with Crippen molar-refractivity contribution in [3.63, 3.8) is 0 Å². The van der Waals surface area contributed by atoms with Crippen LogP contribution in [-0.4, -0.2) is 13.0 Å². The van der Waals surface area contributed by atoms with Crippen LogP contribution >= 0.6 is 0 Å². The highest BCUT2D eigenvalue weighted by Crippen LogP contribution is 2.25. The summed E-state index contributed by atoms with van der Waals surface area (Å²) in [5, 5.41) is 5.18. The average Bonchev–Trinajstić information content (AvgIpc) is 2.55. The summed E-state index contributed by atoms with van der Waals surface area (Å²) >= 11 is 0. The zero-order valence-electron chi connectivity index (χ0n) is 13.2. The van der Waals surface area contributed by atoms with Gasteiger partial charge in [0.25, 0.3) is 5.91 Å². The minimum absolute atomic E-state index is 0.0887. The summed E-state index contributed by atoms with van der Waals surface area (Å²) in [5.74, 6) is 0.571. The smallest absolute Gasteiger partial charge is 0.290 e. The Morgan fingerprint density at radius 3 is 2.70 bits per heavy atom. The Morgan fingerprint density at radius 1 is 1.13 bits per heavy atom. The third-order valence-corrected chi connectivity index (χ3v) is 3.70. The van der Waals surface area contributed by atoms with E-state index >= 15 is 0 Å². The summed E-state index contributed by atoms with van der Waals surface area (Å²) in [5.41, 5.74) is 1.76. The highest BCUT2D eigenvalue weighted by atomic mass is 16.5. The fourth-order valence-corrected chi connectivity index (χ4v) is 2.55. The first-order valence-corrected chi connectivity index (χ1v) is 7.48. The molecule has 0 spiro atoms. The van der Waals surface area contributed by atoms with Crippen LogP contribution in [0, 0.1) is 6.92 Å². The lowest BCUT2D eigenvalue weighted by Gasteiger charge is -2.10. The molecule has 0 radical (unpaired) electrons. The number of benzene rings is 2. The van der Waals surface area contributed by atoms with Gasteiger partial charge in [-0.05, 0) is 36.1 Å². The predicted octanol–water partition coefficient (Wildman–Crippen LogP) is 3.08. The lowest BCUT2D eigenvalue weighted by Crippen LogP contribution is -2.39. The van der Waals surface area contributed by atoms with E-state index in [1.165, 1.54) is 0 Å². The number of fused-ring (bicyclic) bond motifs is 1. The largest absolute Gasteiger partial charge is 0.495 e. The number of methoxy groups -OCH3 is 1. The van der Waals surface area contributed by atoms with Gasteiger partial charge in [-0.25, -0.2) is 0 Å². The number of pyridine rings is 1. The molecule has 3 rings (SSSR count). The molecule has 0 aliphatic carbocycles. The molecule has 2 aromatic carbocycles. The van der Waals surface area contributed by atoms with Gasteiger partial charge in [-0.3, -0.25) is 4.79 Å². The fourth-order valence-electron chi connectivity index (χ4n) is 2.55. The summed E-state index contributed by atoms with van der Waals surface area (Å²) in [6, 6.07) is 15.8. The van der Waals surface area contributed by atoms with Crippen LogP contribution in [0.5, 0.6) is 5.75 Å². The predicted molar refractivity (Wildman–Crippen MR) is 90.5 cm³/mol. The number of nitrogens with one attached hydrogen (secondary N) is 1. The van der Waals surface area contributed by atoms with E-state index in [1.54, 1.807) is 7.11 Å². The van der Waals surface area contributed by atoms with Crippen molar-refractivity contribution in [1.29, 1.82) is 0 Å². The van der Waals surface area contributed by atoms with Crippen LogP contribution in [0.2, 0.25) is 0 Å². The Labute approximate surface area is 135 Å². The SMILES string of the molecule is COc1ccc(C)cc1NC(=O)C[n+]1ccc2ccccc2c1. The van der Waals surface area contributed by atoms with Crippen LogP contribution < -0.4 is 14.6 Å². The maximum Gasteiger partial charge on any atom is 0.290 e. The molecule has 4 heteroatoms. The van der Waals surface area contributed by atoms with E-state index in [0.29, 0.717) is 11.4 Å². The molecule has 0 saturated heterocycles. The molecule has 1 N–H and O–H groups in total. The molecule has 23 heavy (non-hydrogen) atoms. The number of ether oxygens (including phenoxy) is 1. The summed E-state index contributed by atoms with van der Waals surface area (Å²) in [4.78, 5) is 12.3. The Morgan fingerprint density at radius 2 is 1.91 bits per heavy atom. The van der Waals surface area contributed by atoms with Gasteiger partial charge in [0, 0.05) is 11.5 Å². The van der Waals surface area contributed by atoms with Crippen LogP contribution in [0.25, 0.3) is 10.8 Å². The molecule has 3 aromatic rings. The van der Waals surface area contributed by atoms with Gasteiger partial charge in [0.05, 0.1) is 12.8 Å². The minimum Gasteiger partial charge on any atom is -0.495 e. The van der Waals surface area contributed by atoms with Crippen LogP contribution in [0.1, 0.15) is 5.56 Å². The third kappa shape index (κ3) is 3.48. The highest BCUT2D eigenvalue weighted by Gasteiger charge is 2.13. The topological polar surface area (TPSA) is 42.2 Å². The quantitative estimate of drug-likeness (QED) is 0.753. The maximum absolute atomic E-state index is 12.3. The molecule has 0 aliphatic rings. The molecule has 4 nitrogen and oxygen atoms in total. The maximum atomic E-state index is 12.3. The van der Waals surface area contributed by atoms with Crippen molar-refractivity contribution < 1.29 is 14.1 Å². The van der Waals surface area contributed by atoms with Crippen molar-refractivity contribution in [1.82, 2.24) is 0 Å². The normalized spacial score (nSPS) is 10.5. The molecule has 0 fully saturated rings. The molecule has 0 saturated carbocycles. The zero-order valence-corrected chi connectivity index (χ0v) is 13.2. The number of hydrogen-bond donors (Lipinski definition) is 1. The van der Waals surface area contributed by atoms with Crippen molar-refractivity contribution in [3.8, 4) is 5.75 Å². The van der Waals surface area contributed by atoms with E-state index in [9.17, 15) is 4.79 Å². The second kappa shape index (κ2) is 6.48. The number of anilines is 1. The van der Waals surface area contributed by atoms with E-state index < -0.39 is 0 Å². The van der Waals surface area contributed by atoms with Gasteiger partial charge >= 0.3 is 0 Å². The van der Waals surface area contributed by atoms with Crippen molar-refractivity contribution in [2.24, 2.45) is 0 Å². The number of rotatable bonds is 4. The second-order valence-electron chi connectivity index (χ2n) is 5.50. The number of nitrogens with zero attached hydrogens (tertiary/aromatic N) is 1. The van der Waals surface area contributed by atoms with E-state index in [4.69, 9.17) is 4.74 Å². The fraction of sp³-hybridized carbons (Fsp3) is 0.158. The summed E-state index contributed by atoms with van der Waals surface area (Å²) < 4.78 is 7.16. The van der Waals surface area contributed by atoms with E-state index in [2.05, 4.69) is 11.4 Å². The molecule has 1 heterocycles. The first kappa shape index (κ1) is 15.0. The molecule has 0 atom stereocenters. The molecular formula is C19H19N2O2+. The van der Waals surface area contributed by atoms with E-state index in [-0.39, 0.29) is 12.5 Å². The van der Waals surface area contributed by atoms with Gasteiger partial charge in [-0.15, -0.1) is 0 Å². The van der Waals surface area contributed by atoms with Crippen LogP contribution in [-0.2, 0) is 11.3 Å². The Hall–Kier alpha value is -2.88. The number of carbonyl (C=O) groups is 1. The molecule has 0 bridgehead atoms. The molecule has 116 valence electrons. The third-order valence-electron chi connectivity index (χ3n) is 3.70. The standard InChI is InChI=1S/C19H18N2O2/c1-14-7-8-18(23-2)17(11-14)20-19(22)13-21-10-9-15-5-3-4-6-16(15)12-21/h3-12H,13H2,1-2H3/p+1. The van der Waals surface area contributed by atoms with Gasteiger partial charge < -0.3 is 10.1 Å². The van der Waals surface area contributed by atoms with Crippen LogP contribution in [0.4, 0.5) is 5.69 Å². The van der Waals surface area contributed by atoms with Crippen LogP contribution in [0.15, 0.2) is 60.9 Å². The molecule has 0 aliphatic heterocycles. The minimum atomic E-state index is -0.0887. The van der Waals surface area contributed by atoms with Gasteiger partial charge in [0.15, 0.2) is 12.4 Å². The second-order valence-corrected chi connectivity index (χ2v) is 5.50. The zero-order chi connectivity index (χ0) is 16.2. The number of hydrogen-bond acceptors (Lipinski definition) is 2. The number of aromatic nitrogens is 1. The summed E-state index contributed by atoms with van der Waals surface area (Å²) in [6.45, 7) is 2.23. The van der Waals surface area contributed by atoms with Gasteiger partial charge in [0.2, 0.25) is 6.54 Å². The highest BCUT2D eigenvalue weighted by molar-refractivity contribution is 5.91. The van der Waals surface area contributed by atoms with Crippen molar-refractivity contribution in [3.05, 3.63) is 66.5 Å². The lowest BCUT2D eigenvalue weighted by atomic mass is 10.2. The Balaban J connectivity index is 1.77. The molecular weight excluding hydrogens is 288 g/mol. The lowest BCUT2D eigenvalue weighted by molar-refractivity contribution is -0.682. The number of aryl methyl sites for hydroxylation is 1. The molecule has 1 aromatic heterocycles. The monoisotopic (exact) mass is 307 g/mol. The molecule has 0 unspecified atom stereocenters. The van der Waals surface area contributed by atoms with Crippen molar-refractivity contribution >= 4 is 22.4 Å².